The van der Waals surface area contributed by atoms with Crippen molar-refractivity contribution in [3.05, 3.63) is 57.3 Å². The molecule has 0 aliphatic carbocycles. The van der Waals surface area contributed by atoms with Crippen LogP contribution in [0.4, 0.5) is 4.79 Å². The molecule has 0 spiro atoms. The summed E-state index contributed by atoms with van der Waals surface area (Å²) >= 11 is 1.67. The Morgan fingerprint density at radius 2 is 2.07 bits per heavy atom. The topological polar surface area (TPSA) is 113 Å². The number of hydrogen-bond acceptors (Lipinski definition) is 5. The van der Waals surface area contributed by atoms with Crippen LogP contribution >= 0.6 is 11.3 Å². The molecule has 2 aromatic rings. The van der Waals surface area contributed by atoms with E-state index in [0.29, 0.717) is 18.7 Å². The molecular weight excluding hydrogens is 392 g/mol. The number of amides is 5. The van der Waals surface area contributed by atoms with Crippen molar-refractivity contribution in [2.75, 3.05) is 13.1 Å². The molecule has 1 aromatic heterocycles. The number of nitrogens with one attached hydrogen (secondary N) is 1. The fourth-order valence-electron chi connectivity index (χ4n) is 3.72. The highest BCUT2D eigenvalue weighted by molar-refractivity contribution is 7.10. The zero-order valence-electron chi connectivity index (χ0n) is 15.8. The Labute approximate surface area is 171 Å². The van der Waals surface area contributed by atoms with Crippen LogP contribution in [0.2, 0.25) is 0 Å². The first kappa shape index (κ1) is 19.1. The smallest absolute Gasteiger partial charge is 0.325 e. The predicted molar refractivity (Wildman–Crippen MR) is 106 cm³/mol. The lowest BCUT2D eigenvalue weighted by Crippen LogP contribution is -2.45. The van der Waals surface area contributed by atoms with Gasteiger partial charge >= 0.3 is 6.03 Å². The molecule has 3 N–H and O–H groups in total. The van der Waals surface area contributed by atoms with E-state index in [1.807, 2.05) is 11.4 Å². The summed E-state index contributed by atoms with van der Waals surface area (Å²) < 4.78 is 0. The summed E-state index contributed by atoms with van der Waals surface area (Å²) in [7, 11) is 0. The molecule has 1 unspecified atom stereocenters. The molecule has 0 bridgehead atoms. The van der Waals surface area contributed by atoms with E-state index in [9.17, 15) is 19.2 Å². The summed E-state index contributed by atoms with van der Waals surface area (Å²) in [6.07, 6.45) is 0.774. The second-order valence-electron chi connectivity index (χ2n) is 7.33. The van der Waals surface area contributed by atoms with Crippen LogP contribution in [-0.2, 0) is 28.1 Å². The number of benzene rings is 1. The number of nitrogens with two attached hydrogens (primary N) is 1. The van der Waals surface area contributed by atoms with E-state index >= 15 is 0 Å². The van der Waals surface area contributed by atoms with Crippen molar-refractivity contribution in [2.24, 2.45) is 5.73 Å². The number of thiophene rings is 1. The zero-order chi connectivity index (χ0) is 20.8. The molecule has 0 saturated carbocycles. The molecule has 1 aromatic carbocycles. The lowest BCUT2D eigenvalue weighted by Gasteiger charge is -2.28. The summed E-state index contributed by atoms with van der Waals surface area (Å²) in [4.78, 5) is 53.6. The maximum atomic E-state index is 13.1. The average molecular weight is 412 g/mol. The van der Waals surface area contributed by atoms with Crippen molar-refractivity contribution in [2.45, 2.75) is 25.4 Å². The van der Waals surface area contributed by atoms with E-state index in [2.05, 4.69) is 5.32 Å². The third-order valence-corrected chi connectivity index (χ3v) is 6.48. The second kappa shape index (κ2) is 7.00. The zero-order valence-corrected chi connectivity index (χ0v) is 16.6. The summed E-state index contributed by atoms with van der Waals surface area (Å²) in [5.41, 5.74) is 5.73. The molecule has 29 heavy (non-hydrogen) atoms. The van der Waals surface area contributed by atoms with Gasteiger partial charge in [-0.1, -0.05) is 12.1 Å². The molecule has 1 saturated heterocycles. The van der Waals surface area contributed by atoms with Gasteiger partial charge in [0, 0.05) is 23.5 Å². The molecule has 4 rings (SSSR count). The van der Waals surface area contributed by atoms with Crippen molar-refractivity contribution in [1.29, 1.82) is 0 Å². The lowest BCUT2D eigenvalue weighted by atomic mass is 9.90. The summed E-state index contributed by atoms with van der Waals surface area (Å²) in [5, 5.41) is 4.65. The second-order valence-corrected chi connectivity index (χ2v) is 8.33. The number of rotatable bonds is 4. The Hall–Kier alpha value is -3.20. The maximum absolute atomic E-state index is 13.1. The van der Waals surface area contributed by atoms with E-state index in [0.717, 1.165) is 16.9 Å². The van der Waals surface area contributed by atoms with Crippen molar-refractivity contribution in [3.63, 3.8) is 0 Å². The van der Waals surface area contributed by atoms with Gasteiger partial charge in [-0.15, -0.1) is 11.3 Å². The number of fused-ring (bicyclic) bond motifs is 1. The number of imide groups is 1. The van der Waals surface area contributed by atoms with Crippen molar-refractivity contribution >= 4 is 35.1 Å². The Balaban J connectivity index is 1.52. The van der Waals surface area contributed by atoms with Crippen LogP contribution in [0.25, 0.3) is 0 Å². The van der Waals surface area contributed by atoms with Crippen LogP contribution in [0, 0.1) is 0 Å². The van der Waals surface area contributed by atoms with Crippen LogP contribution in [0.3, 0.4) is 0 Å². The molecule has 2 aliphatic heterocycles. The third-order valence-electron chi connectivity index (χ3n) is 5.45. The molecule has 1 atom stereocenters. The fourth-order valence-corrected chi connectivity index (χ4v) is 4.61. The minimum Gasteiger partial charge on any atom is -0.366 e. The number of carbonyl (C=O) groups excluding carboxylic acids is 4. The molecule has 2 aliphatic rings. The standard InChI is InChI=1S/C20H20N4O4S/c1-20(14-4-2-3-12(9-14)17(21)26)18(27)24(19(28)22-20)11-16(25)23-7-5-15-13(10-23)6-8-29-15/h2-4,6,8-9H,5,7,10-11H2,1H3,(H2,21,26)(H,22,28). The highest BCUT2D eigenvalue weighted by Gasteiger charge is 2.50. The van der Waals surface area contributed by atoms with E-state index in [4.69, 9.17) is 5.73 Å². The van der Waals surface area contributed by atoms with Crippen molar-refractivity contribution < 1.29 is 19.2 Å². The van der Waals surface area contributed by atoms with Gasteiger partial charge < -0.3 is 16.0 Å². The van der Waals surface area contributed by atoms with Gasteiger partial charge in [0.1, 0.15) is 12.1 Å². The molecular formula is C20H20N4O4S. The first-order valence-corrected chi connectivity index (χ1v) is 10.0. The van der Waals surface area contributed by atoms with E-state index in [1.165, 1.54) is 17.0 Å². The SMILES string of the molecule is CC1(c2cccc(C(N)=O)c2)NC(=O)N(CC(=O)N2CCc3sccc3C2)C1=O. The number of nitrogens with zero attached hydrogens (tertiary/aromatic N) is 2. The lowest BCUT2D eigenvalue weighted by molar-refractivity contribution is -0.139. The quantitative estimate of drug-likeness (QED) is 0.735. The molecule has 8 nitrogen and oxygen atoms in total. The van der Waals surface area contributed by atoms with E-state index in [1.54, 1.807) is 35.3 Å². The monoisotopic (exact) mass is 412 g/mol. The summed E-state index contributed by atoms with van der Waals surface area (Å²) in [6, 6.07) is 7.61. The van der Waals surface area contributed by atoms with Gasteiger partial charge in [-0.3, -0.25) is 19.3 Å². The maximum Gasteiger partial charge on any atom is 0.325 e. The van der Waals surface area contributed by atoms with Crippen LogP contribution in [0.5, 0.6) is 0 Å². The normalized spacial score (nSPS) is 21.1. The molecule has 0 radical (unpaired) electrons. The van der Waals surface area contributed by atoms with Crippen molar-refractivity contribution in [3.8, 4) is 0 Å². The Morgan fingerprint density at radius 3 is 2.83 bits per heavy atom. The Bertz CT molecular complexity index is 1030. The van der Waals surface area contributed by atoms with E-state index < -0.39 is 23.4 Å². The number of urea groups is 1. The Morgan fingerprint density at radius 1 is 1.28 bits per heavy atom. The largest absolute Gasteiger partial charge is 0.366 e. The van der Waals surface area contributed by atoms with Crippen LogP contribution in [-0.4, -0.2) is 46.6 Å². The van der Waals surface area contributed by atoms with Crippen LogP contribution < -0.4 is 11.1 Å². The van der Waals surface area contributed by atoms with Gasteiger partial charge in [0.25, 0.3) is 5.91 Å². The average Bonchev–Trinajstić information content (AvgIpc) is 3.26. The minimum absolute atomic E-state index is 0.236. The summed E-state index contributed by atoms with van der Waals surface area (Å²) in [5.74, 6) is -1.44. The molecule has 150 valence electrons. The van der Waals surface area contributed by atoms with Crippen molar-refractivity contribution in [1.82, 2.24) is 15.1 Å². The Kier molecular flexibility index (Phi) is 4.62. The number of carbonyl (C=O) groups is 4. The van der Waals surface area contributed by atoms with Crippen LogP contribution in [0.15, 0.2) is 35.7 Å². The third kappa shape index (κ3) is 3.27. The van der Waals surface area contributed by atoms with Gasteiger partial charge in [-0.2, -0.15) is 0 Å². The number of hydrogen-bond donors (Lipinski definition) is 2. The first-order chi connectivity index (χ1) is 13.8. The fraction of sp³-hybridized carbons (Fsp3) is 0.300. The van der Waals surface area contributed by atoms with Gasteiger partial charge in [-0.05, 0) is 48.1 Å². The van der Waals surface area contributed by atoms with Gasteiger partial charge in [0.2, 0.25) is 11.8 Å². The first-order valence-electron chi connectivity index (χ1n) is 9.17. The molecule has 5 amide bonds. The predicted octanol–water partition coefficient (Wildman–Crippen LogP) is 1.20. The van der Waals surface area contributed by atoms with Crippen LogP contribution in [0.1, 0.15) is 33.3 Å². The molecule has 3 heterocycles. The summed E-state index contributed by atoms with van der Waals surface area (Å²) in [6.45, 7) is 2.28. The van der Waals surface area contributed by atoms with Gasteiger partial charge in [0.05, 0.1) is 0 Å². The highest BCUT2D eigenvalue weighted by atomic mass is 32.1. The van der Waals surface area contributed by atoms with Gasteiger partial charge in [0.15, 0.2) is 0 Å². The van der Waals surface area contributed by atoms with E-state index in [-0.39, 0.29) is 18.0 Å². The molecule has 9 heteroatoms. The minimum atomic E-state index is -1.37. The highest BCUT2D eigenvalue weighted by Crippen LogP contribution is 2.30. The van der Waals surface area contributed by atoms with Gasteiger partial charge in [-0.25, -0.2) is 4.79 Å². The number of primary amides is 1. The molecule has 1 fully saturated rings.